The maximum atomic E-state index is 15.5. The van der Waals surface area contributed by atoms with Gasteiger partial charge in [-0.25, -0.2) is 22.2 Å². The third-order valence-corrected chi connectivity index (χ3v) is 10.3. The number of halogens is 8. The van der Waals surface area contributed by atoms with Crippen LogP contribution in [0.5, 0.6) is 0 Å². The zero-order valence-electron chi connectivity index (χ0n) is 30.9. The molecule has 306 valence electrons. The van der Waals surface area contributed by atoms with Crippen LogP contribution in [0.3, 0.4) is 0 Å². The Kier molecular flexibility index (Phi) is 11.2. The van der Waals surface area contributed by atoms with Crippen LogP contribution in [0, 0.1) is 29.4 Å². The number of rotatable bonds is 10. The first kappa shape index (κ1) is 42.2. The number of hydrogen-bond donors (Lipinski definition) is 3. The number of allylic oxidation sites excluding steroid dienone is 1. The van der Waals surface area contributed by atoms with Gasteiger partial charge in [0.25, 0.3) is 5.92 Å². The number of alkyl halides is 5. The van der Waals surface area contributed by atoms with Crippen LogP contribution in [0.1, 0.15) is 60.2 Å². The van der Waals surface area contributed by atoms with Gasteiger partial charge in [0.2, 0.25) is 15.9 Å². The van der Waals surface area contributed by atoms with Crippen molar-refractivity contribution in [1.82, 2.24) is 29.9 Å². The molecule has 0 saturated heterocycles. The van der Waals surface area contributed by atoms with Crippen LogP contribution in [0.2, 0.25) is 5.02 Å². The number of hydrogen-bond acceptors (Lipinski definition) is 7. The van der Waals surface area contributed by atoms with Crippen molar-refractivity contribution in [3.05, 3.63) is 99.6 Å². The fourth-order valence-electron chi connectivity index (χ4n) is 6.75. The fraction of sp³-hybridized carbons (Fsp3) is 0.316. The summed E-state index contributed by atoms with van der Waals surface area (Å²) in [4.78, 5) is 18.6. The highest BCUT2D eigenvalue weighted by Gasteiger charge is 2.56. The summed E-state index contributed by atoms with van der Waals surface area (Å²) in [5, 5.41) is 20.6. The zero-order valence-corrected chi connectivity index (χ0v) is 32.5. The van der Waals surface area contributed by atoms with Gasteiger partial charge in [-0.05, 0) is 60.2 Å². The SMILES string of the molecule is C=C1c2c(C(F)(F)F)nn(CC(=O)NC(Cc3cc(F)cc(F)c3)c3nc(C#CC(O)CC)ccc3-c3ccc(Cl)c4c(NS(C)(=O)=O)nn(C)c34)c2C(F)(F)C1C. The molecule has 3 atom stereocenters. The Morgan fingerprint density at radius 3 is 2.38 bits per heavy atom. The summed E-state index contributed by atoms with van der Waals surface area (Å²) in [5.74, 6) is -3.53. The van der Waals surface area contributed by atoms with Crippen LogP contribution in [0.15, 0.2) is 49.0 Å². The Morgan fingerprint density at radius 1 is 1.10 bits per heavy atom. The summed E-state index contributed by atoms with van der Waals surface area (Å²) >= 11 is 6.56. The van der Waals surface area contributed by atoms with E-state index >= 15 is 8.78 Å². The highest BCUT2D eigenvalue weighted by Crippen LogP contribution is 2.54. The molecule has 1 amide bonds. The molecule has 58 heavy (non-hydrogen) atoms. The lowest BCUT2D eigenvalue weighted by Gasteiger charge is -2.23. The molecule has 0 fully saturated rings. The van der Waals surface area contributed by atoms with Gasteiger partial charge >= 0.3 is 6.18 Å². The van der Waals surface area contributed by atoms with Crippen LogP contribution in [0.4, 0.5) is 36.6 Å². The molecule has 5 aromatic rings. The average molecular weight is 852 g/mol. The van der Waals surface area contributed by atoms with Gasteiger partial charge in [0.05, 0.1) is 39.8 Å². The molecular formula is C38H33ClF7N7O4S. The summed E-state index contributed by atoms with van der Waals surface area (Å²) in [7, 11) is -2.37. The molecule has 0 bridgehead atoms. The number of benzene rings is 2. The molecule has 6 rings (SSSR count). The van der Waals surface area contributed by atoms with E-state index in [-0.39, 0.29) is 55.4 Å². The van der Waals surface area contributed by atoms with E-state index < -0.39 is 93.2 Å². The monoisotopic (exact) mass is 851 g/mol. The highest BCUT2D eigenvalue weighted by molar-refractivity contribution is 7.92. The lowest BCUT2D eigenvalue weighted by Crippen LogP contribution is -2.35. The maximum absolute atomic E-state index is 15.5. The second kappa shape index (κ2) is 15.4. The molecule has 3 heterocycles. The number of nitrogens with one attached hydrogen (secondary N) is 2. The summed E-state index contributed by atoms with van der Waals surface area (Å²) in [6.45, 7) is 4.96. The first-order chi connectivity index (χ1) is 27.0. The number of sulfonamides is 1. The van der Waals surface area contributed by atoms with Crippen molar-refractivity contribution in [2.75, 3.05) is 11.0 Å². The van der Waals surface area contributed by atoms with Crippen LogP contribution in [-0.4, -0.2) is 56.3 Å². The Morgan fingerprint density at radius 2 is 1.76 bits per heavy atom. The molecule has 3 N–H and O–H groups in total. The lowest BCUT2D eigenvalue weighted by molar-refractivity contribution is -0.142. The van der Waals surface area contributed by atoms with Gasteiger partial charge in [-0.1, -0.05) is 44.0 Å². The van der Waals surface area contributed by atoms with Crippen LogP contribution < -0.4 is 10.0 Å². The van der Waals surface area contributed by atoms with E-state index in [4.69, 9.17) is 11.6 Å². The first-order valence-corrected chi connectivity index (χ1v) is 19.6. The molecule has 0 aliphatic heterocycles. The molecule has 20 heteroatoms. The predicted molar refractivity (Wildman–Crippen MR) is 201 cm³/mol. The summed E-state index contributed by atoms with van der Waals surface area (Å²) in [6, 6.07) is 7.07. The van der Waals surface area contributed by atoms with Crippen LogP contribution >= 0.6 is 11.6 Å². The second-order valence-electron chi connectivity index (χ2n) is 13.7. The van der Waals surface area contributed by atoms with Crippen molar-refractivity contribution in [3.63, 3.8) is 0 Å². The molecule has 0 spiro atoms. The van der Waals surface area contributed by atoms with E-state index in [1.807, 2.05) is 0 Å². The molecular weight excluding hydrogens is 819 g/mol. The normalized spacial score (nSPS) is 16.2. The molecule has 0 saturated carbocycles. The van der Waals surface area contributed by atoms with Crippen LogP contribution in [0.25, 0.3) is 27.6 Å². The number of pyridine rings is 1. The Balaban J connectivity index is 1.55. The number of aliphatic hydroxyl groups is 1. The molecule has 1 aliphatic rings. The van der Waals surface area contributed by atoms with E-state index in [1.165, 1.54) is 36.0 Å². The number of aryl methyl sites for hydroxylation is 1. The quantitative estimate of drug-likeness (QED) is 0.100. The Hall–Kier alpha value is -5.45. The second-order valence-corrected chi connectivity index (χ2v) is 15.8. The first-order valence-electron chi connectivity index (χ1n) is 17.3. The van der Waals surface area contributed by atoms with Gasteiger partial charge in [0.1, 0.15) is 35.7 Å². The number of nitrogens with zero attached hydrogens (tertiary/aromatic N) is 5. The standard InChI is InChI=1S/C38H33ClF7N7O4S/c1-6-24(54)9-7-23-8-10-25(26-11-12-27(39)31-33(26)52(4)50-36(31)51-58(5,56)57)32(47-23)28(15-20-13-21(40)16-22(41)14-20)48-29(55)17-53-35-30(34(49-53)38(44,45)46)18(2)19(3)37(35,42)43/h8,10-14,16,19,24,28,54H,2,6,15,17H2,1,3-5H3,(H,48,55)(H,50,51). The van der Waals surface area contributed by atoms with Crippen molar-refractivity contribution in [3.8, 4) is 23.0 Å². The molecule has 2 aromatic carbocycles. The van der Waals surface area contributed by atoms with Crippen molar-refractivity contribution in [2.24, 2.45) is 13.0 Å². The lowest BCUT2D eigenvalue weighted by atomic mass is 9.93. The number of carbonyl (C=O) groups excluding carboxylic acids is 1. The summed E-state index contributed by atoms with van der Waals surface area (Å²) in [6.07, 6.45) is -5.50. The van der Waals surface area contributed by atoms with Gasteiger partial charge in [-0.3, -0.25) is 18.9 Å². The minimum absolute atomic E-state index is 0.0223. The Labute approximate surface area is 332 Å². The van der Waals surface area contributed by atoms with Gasteiger partial charge in [0, 0.05) is 29.8 Å². The van der Waals surface area contributed by atoms with Crippen molar-refractivity contribution in [2.45, 2.75) is 57.5 Å². The fourth-order valence-corrected chi connectivity index (χ4v) is 7.49. The largest absolute Gasteiger partial charge is 0.435 e. The third kappa shape index (κ3) is 8.26. The van der Waals surface area contributed by atoms with E-state index in [1.54, 1.807) is 6.92 Å². The molecule has 0 radical (unpaired) electrons. The van der Waals surface area contributed by atoms with Gasteiger partial charge in [-0.2, -0.15) is 32.1 Å². The number of amides is 1. The van der Waals surface area contributed by atoms with Gasteiger partial charge in [-0.15, -0.1) is 0 Å². The molecule has 3 aromatic heterocycles. The van der Waals surface area contributed by atoms with E-state index in [0.717, 1.165) is 25.3 Å². The van der Waals surface area contributed by atoms with E-state index in [9.17, 15) is 40.3 Å². The smallest absolute Gasteiger partial charge is 0.380 e. The van der Waals surface area contributed by atoms with Gasteiger partial charge in [0.15, 0.2) is 11.5 Å². The predicted octanol–water partition coefficient (Wildman–Crippen LogP) is 7.13. The van der Waals surface area contributed by atoms with Gasteiger partial charge < -0.3 is 10.4 Å². The minimum Gasteiger partial charge on any atom is -0.380 e. The van der Waals surface area contributed by atoms with E-state index in [0.29, 0.717) is 11.6 Å². The number of aromatic nitrogens is 5. The number of fused-ring (bicyclic) bond motifs is 2. The zero-order chi connectivity index (χ0) is 42.6. The van der Waals surface area contributed by atoms with Crippen molar-refractivity contribution in [1.29, 1.82) is 0 Å². The summed E-state index contributed by atoms with van der Waals surface area (Å²) in [5.41, 5.74) is -3.50. The van der Waals surface area contributed by atoms with E-state index in [2.05, 4.69) is 43.6 Å². The molecule has 3 unspecified atom stereocenters. The maximum Gasteiger partial charge on any atom is 0.435 e. The number of aliphatic hydroxyl groups excluding tert-OH is 1. The summed E-state index contributed by atoms with van der Waals surface area (Å²) < 4.78 is 131. The number of carbonyl (C=O) groups is 1. The Bertz CT molecular complexity index is 2650. The van der Waals surface area contributed by atoms with Crippen molar-refractivity contribution < 1.29 is 49.1 Å². The topological polar surface area (TPSA) is 144 Å². The number of anilines is 1. The highest BCUT2D eigenvalue weighted by atomic mass is 35.5. The average Bonchev–Trinajstić information content (AvgIpc) is 3.72. The molecule has 1 aliphatic carbocycles. The van der Waals surface area contributed by atoms with Crippen LogP contribution in [-0.2, 0) is 46.9 Å². The third-order valence-electron chi connectivity index (χ3n) is 9.43. The molecule has 11 nitrogen and oxygen atoms in total. The minimum atomic E-state index is -5.18. The van der Waals surface area contributed by atoms with Crippen molar-refractivity contribution >= 4 is 49.8 Å².